The van der Waals surface area contributed by atoms with E-state index in [-0.39, 0.29) is 37.4 Å². The van der Waals surface area contributed by atoms with Gasteiger partial charge >= 0.3 is 5.97 Å². The Hall–Kier alpha value is -4.43. The molecule has 3 N–H and O–H groups in total. The van der Waals surface area contributed by atoms with Crippen molar-refractivity contribution in [2.75, 3.05) is 13.2 Å². The Morgan fingerprint density at radius 1 is 0.932 bits per heavy atom. The van der Waals surface area contributed by atoms with Crippen LogP contribution in [0.3, 0.4) is 0 Å². The van der Waals surface area contributed by atoms with Gasteiger partial charge in [0.15, 0.2) is 0 Å². The number of cyclic esters (lactones) is 1. The molecule has 0 bridgehead atoms. The van der Waals surface area contributed by atoms with Crippen molar-refractivity contribution in [2.24, 2.45) is 5.92 Å². The Balaban J connectivity index is 1.33. The smallest absolute Gasteiger partial charge is 0.306 e. The number of aliphatic hydroxyl groups is 1. The van der Waals surface area contributed by atoms with Crippen LogP contribution in [-0.4, -0.2) is 42.1 Å². The zero-order valence-corrected chi connectivity index (χ0v) is 25.0. The molecule has 0 aliphatic carbocycles. The number of amides is 2. The van der Waals surface area contributed by atoms with Crippen molar-refractivity contribution in [1.82, 2.24) is 10.6 Å². The summed E-state index contributed by atoms with van der Waals surface area (Å²) in [6, 6.07) is 26.3. The molecule has 0 radical (unpaired) electrons. The largest absolute Gasteiger partial charge is 0.489 e. The third-order valence-corrected chi connectivity index (χ3v) is 7.54. The molecule has 0 saturated heterocycles. The summed E-state index contributed by atoms with van der Waals surface area (Å²) >= 11 is 0. The number of esters is 1. The van der Waals surface area contributed by atoms with Crippen molar-refractivity contribution in [3.05, 3.63) is 114 Å². The first-order chi connectivity index (χ1) is 21.5. The van der Waals surface area contributed by atoms with Crippen molar-refractivity contribution in [3.8, 4) is 5.75 Å². The molecule has 0 fully saturated rings. The van der Waals surface area contributed by atoms with Gasteiger partial charge in [-0.25, -0.2) is 0 Å². The molecule has 3 aromatic carbocycles. The summed E-state index contributed by atoms with van der Waals surface area (Å²) in [5.41, 5.74) is 2.82. The first-order valence-corrected chi connectivity index (χ1v) is 15.3. The Labute approximate surface area is 259 Å². The van der Waals surface area contributed by atoms with Gasteiger partial charge in [-0.1, -0.05) is 84.9 Å². The maximum atomic E-state index is 13.3. The van der Waals surface area contributed by atoms with Gasteiger partial charge in [-0.15, -0.1) is 0 Å². The van der Waals surface area contributed by atoms with E-state index >= 15 is 0 Å². The van der Waals surface area contributed by atoms with Gasteiger partial charge in [0.05, 0.1) is 25.1 Å². The molecule has 3 unspecified atom stereocenters. The van der Waals surface area contributed by atoms with E-state index in [1.54, 1.807) is 0 Å². The van der Waals surface area contributed by atoms with Crippen molar-refractivity contribution >= 4 is 17.8 Å². The Kier molecular flexibility index (Phi) is 13.0. The highest BCUT2D eigenvalue weighted by Gasteiger charge is 2.25. The molecular weight excluding hydrogens is 556 g/mol. The normalized spacial score (nSPS) is 18.8. The van der Waals surface area contributed by atoms with Crippen LogP contribution in [0.15, 0.2) is 97.1 Å². The third kappa shape index (κ3) is 11.0. The molecule has 8 heteroatoms. The minimum Gasteiger partial charge on any atom is -0.489 e. The quantitative estimate of drug-likeness (QED) is 0.218. The van der Waals surface area contributed by atoms with Gasteiger partial charge in [0, 0.05) is 12.8 Å². The second-order valence-corrected chi connectivity index (χ2v) is 11.1. The van der Waals surface area contributed by atoms with Crippen LogP contribution in [0.25, 0.3) is 0 Å². The fourth-order valence-corrected chi connectivity index (χ4v) is 5.06. The van der Waals surface area contributed by atoms with Gasteiger partial charge < -0.3 is 25.2 Å². The van der Waals surface area contributed by atoms with Crippen LogP contribution in [0, 0.1) is 5.92 Å². The lowest BCUT2D eigenvalue weighted by atomic mass is 9.98. The number of rotatable bonds is 10. The van der Waals surface area contributed by atoms with Gasteiger partial charge in [0.2, 0.25) is 11.8 Å². The van der Waals surface area contributed by atoms with Crippen molar-refractivity contribution in [3.63, 3.8) is 0 Å². The van der Waals surface area contributed by atoms with Crippen LogP contribution >= 0.6 is 0 Å². The van der Waals surface area contributed by atoms with E-state index in [0.29, 0.717) is 25.9 Å². The van der Waals surface area contributed by atoms with Crippen molar-refractivity contribution in [1.29, 1.82) is 0 Å². The number of hydrogen-bond acceptors (Lipinski definition) is 6. The number of aliphatic hydroxyl groups excluding tert-OH is 1. The first kappa shape index (κ1) is 32.5. The highest BCUT2D eigenvalue weighted by molar-refractivity contribution is 5.86. The van der Waals surface area contributed by atoms with Crippen LogP contribution in [0.2, 0.25) is 0 Å². The molecule has 0 saturated carbocycles. The van der Waals surface area contributed by atoms with Gasteiger partial charge in [-0.2, -0.15) is 0 Å². The molecular formula is C36H42N2O6. The van der Waals surface area contributed by atoms with Gasteiger partial charge in [-0.3, -0.25) is 14.4 Å². The third-order valence-electron chi connectivity index (χ3n) is 7.54. The SMILES string of the molecule is O=C(CC1CC=CCCCCC(=O)OC(c2ccccc2)CNC1=O)NC(CO)Cc1ccc(OCc2ccccc2)cc1. The van der Waals surface area contributed by atoms with E-state index in [0.717, 1.165) is 41.7 Å². The highest BCUT2D eigenvalue weighted by atomic mass is 16.5. The van der Waals surface area contributed by atoms with Crippen LogP contribution in [0.4, 0.5) is 0 Å². The second kappa shape index (κ2) is 17.6. The molecule has 232 valence electrons. The standard InChI is InChI=1S/C36H42N2O6/c39-25-31(22-27-18-20-32(21-19-27)43-26-28-12-6-4-7-13-28)38-34(40)23-30-16-8-2-1-3-11-17-35(41)44-33(24-37-36(30)42)29-14-9-5-10-15-29/h2,4-10,12-15,18-21,30-31,33,39H,1,3,11,16-17,22-26H2,(H,37,42)(H,38,40). The molecule has 2 amide bonds. The Morgan fingerprint density at radius 3 is 2.39 bits per heavy atom. The maximum absolute atomic E-state index is 13.3. The van der Waals surface area contributed by atoms with Crippen LogP contribution in [0.5, 0.6) is 5.75 Å². The predicted octanol–water partition coefficient (Wildman–Crippen LogP) is 5.21. The summed E-state index contributed by atoms with van der Waals surface area (Å²) < 4.78 is 11.6. The van der Waals surface area contributed by atoms with Crippen molar-refractivity contribution in [2.45, 2.75) is 63.7 Å². The fourth-order valence-electron chi connectivity index (χ4n) is 5.06. The molecule has 3 atom stereocenters. The molecule has 8 nitrogen and oxygen atoms in total. The number of nitrogens with one attached hydrogen (secondary N) is 2. The molecule has 1 heterocycles. The van der Waals surface area contributed by atoms with E-state index in [9.17, 15) is 19.5 Å². The van der Waals surface area contributed by atoms with Crippen LogP contribution in [0.1, 0.15) is 61.3 Å². The molecule has 0 aromatic heterocycles. The lowest BCUT2D eigenvalue weighted by Gasteiger charge is -2.22. The highest BCUT2D eigenvalue weighted by Crippen LogP contribution is 2.20. The first-order valence-electron chi connectivity index (χ1n) is 15.3. The zero-order valence-electron chi connectivity index (χ0n) is 25.0. The summed E-state index contributed by atoms with van der Waals surface area (Å²) in [4.78, 5) is 38.8. The van der Waals surface area contributed by atoms with Gasteiger partial charge in [-0.05, 0) is 60.9 Å². The number of ether oxygens (including phenoxy) is 2. The fraction of sp³-hybridized carbons (Fsp3) is 0.361. The topological polar surface area (TPSA) is 114 Å². The van der Waals surface area contributed by atoms with E-state index < -0.39 is 18.1 Å². The molecule has 0 spiro atoms. The summed E-state index contributed by atoms with van der Waals surface area (Å²) in [6.07, 6.45) is 6.76. The number of benzene rings is 3. The lowest BCUT2D eigenvalue weighted by molar-refractivity contribution is -0.150. The van der Waals surface area contributed by atoms with Crippen LogP contribution in [-0.2, 0) is 32.1 Å². The minimum atomic E-state index is -0.616. The van der Waals surface area contributed by atoms with Gasteiger partial charge in [0.1, 0.15) is 18.5 Å². The molecule has 4 rings (SSSR count). The van der Waals surface area contributed by atoms with E-state index in [4.69, 9.17) is 9.47 Å². The van der Waals surface area contributed by atoms with Crippen molar-refractivity contribution < 1.29 is 29.0 Å². The predicted molar refractivity (Wildman–Crippen MR) is 169 cm³/mol. The van der Waals surface area contributed by atoms with E-state index in [2.05, 4.69) is 10.6 Å². The Morgan fingerprint density at radius 2 is 1.66 bits per heavy atom. The van der Waals surface area contributed by atoms with Gasteiger partial charge in [0.25, 0.3) is 0 Å². The van der Waals surface area contributed by atoms with E-state index in [1.165, 1.54) is 0 Å². The lowest BCUT2D eigenvalue weighted by Crippen LogP contribution is -2.42. The summed E-state index contributed by atoms with van der Waals surface area (Å²) in [5, 5.41) is 15.8. The minimum absolute atomic E-state index is 0.0330. The molecule has 1 aliphatic rings. The Bertz CT molecular complexity index is 1340. The summed E-state index contributed by atoms with van der Waals surface area (Å²) in [5.74, 6) is -0.770. The molecule has 44 heavy (non-hydrogen) atoms. The monoisotopic (exact) mass is 598 g/mol. The number of carbonyl (C=O) groups excluding carboxylic acids is 3. The van der Waals surface area contributed by atoms with Crippen LogP contribution < -0.4 is 15.4 Å². The van der Waals surface area contributed by atoms with E-state index in [1.807, 2.05) is 97.1 Å². The average Bonchev–Trinajstić information content (AvgIpc) is 3.05. The zero-order chi connectivity index (χ0) is 31.0. The number of allylic oxidation sites excluding steroid dienone is 2. The number of carbonyl (C=O) groups is 3. The number of hydrogen-bond donors (Lipinski definition) is 3. The maximum Gasteiger partial charge on any atom is 0.306 e. The second-order valence-electron chi connectivity index (χ2n) is 11.1. The molecule has 1 aliphatic heterocycles. The summed E-state index contributed by atoms with van der Waals surface area (Å²) in [7, 11) is 0. The molecule has 3 aromatic rings. The average molecular weight is 599 g/mol. The summed E-state index contributed by atoms with van der Waals surface area (Å²) in [6.45, 7) is 0.344.